The van der Waals surface area contributed by atoms with Crippen LogP contribution < -0.4 is 5.32 Å². The number of nitrogens with one attached hydrogen (secondary N) is 1. The van der Waals surface area contributed by atoms with Crippen LogP contribution in [0, 0.1) is 0 Å². The van der Waals surface area contributed by atoms with Crippen LogP contribution in [-0.4, -0.2) is 34.1 Å². The molecule has 0 unspecified atom stereocenters. The van der Waals surface area contributed by atoms with Crippen LogP contribution in [0.25, 0.3) is 0 Å². The minimum Gasteiger partial charge on any atom is -0.376 e. The quantitative estimate of drug-likeness (QED) is 0.820. The van der Waals surface area contributed by atoms with E-state index in [0.29, 0.717) is 16.7 Å². The first-order valence-electron chi connectivity index (χ1n) is 9.02. The summed E-state index contributed by atoms with van der Waals surface area (Å²) in [5.41, 5.74) is 1.92. The minimum atomic E-state index is -5.00. The molecule has 0 aliphatic carbocycles. The van der Waals surface area contributed by atoms with Crippen molar-refractivity contribution in [3.05, 3.63) is 70.8 Å². The second-order valence-corrected chi connectivity index (χ2v) is 7.57. The van der Waals surface area contributed by atoms with Gasteiger partial charge in [-0.25, -0.2) is 0 Å². The van der Waals surface area contributed by atoms with Crippen molar-refractivity contribution in [3.8, 4) is 0 Å². The number of aliphatic hydroxyl groups excluding tert-OH is 1. The third-order valence-electron chi connectivity index (χ3n) is 4.97. The minimum absolute atomic E-state index is 0.00160. The van der Waals surface area contributed by atoms with Gasteiger partial charge in [-0.2, -0.15) is 13.2 Å². The molecule has 29 heavy (non-hydrogen) atoms. The predicted molar refractivity (Wildman–Crippen MR) is 99.7 cm³/mol. The fourth-order valence-corrected chi connectivity index (χ4v) is 3.27. The molecule has 1 aliphatic rings. The number of hydrogen-bond donors (Lipinski definition) is 2. The molecule has 1 heterocycles. The molecular formula is C21H21F3N2O3. The second-order valence-electron chi connectivity index (χ2n) is 7.57. The summed E-state index contributed by atoms with van der Waals surface area (Å²) in [5.74, 6) is -1.62. The summed E-state index contributed by atoms with van der Waals surface area (Å²) in [5, 5.41) is 12.2. The van der Waals surface area contributed by atoms with Crippen LogP contribution in [-0.2, 0) is 23.4 Å². The van der Waals surface area contributed by atoms with Crippen LogP contribution in [0.3, 0.4) is 0 Å². The maximum Gasteiger partial charge on any atom is 0.423 e. The molecule has 0 spiro atoms. The van der Waals surface area contributed by atoms with Crippen molar-refractivity contribution in [2.45, 2.75) is 44.8 Å². The fourth-order valence-electron chi connectivity index (χ4n) is 3.27. The SMILES string of the molecule is CC(C)(NC(=O)c1ccccc1)c1ccc2c(c1)CN(C(=O)[C@H](O)C(F)(F)F)C2. The van der Waals surface area contributed by atoms with Crippen LogP contribution in [0.2, 0.25) is 0 Å². The number of amides is 2. The summed E-state index contributed by atoms with van der Waals surface area (Å²) in [6.07, 6.45) is -8.03. The van der Waals surface area contributed by atoms with Gasteiger partial charge in [0.2, 0.25) is 6.10 Å². The molecule has 3 rings (SSSR count). The van der Waals surface area contributed by atoms with Gasteiger partial charge in [0.05, 0.1) is 5.54 Å². The van der Waals surface area contributed by atoms with Crippen molar-refractivity contribution in [2.24, 2.45) is 0 Å². The number of alkyl halides is 3. The molecule has 2 aromatic carbocycles. The van der Waals surface area contributed by atoms with Crippen molar-refractivity contribution in [2.75, 3.05) is 0 Å². The van der Waals surface area contributed by atoms with Gasteiger partial charge in [-0.05, 0) is 42.7 Å². The maximum absolute atomic E-state index is 12.6. The highest BCUT2D eigenvalue weighted by atomic mass is 19.4. The number of benzene rings is 2. The van der Waals surface area contributed by atoms with Crippen LogP contribution in [0.4, 0.5) is 13.2 Å². The van der Waals surface area contributed by atoms with E-state index in [4.69, 9.17) is 0 Å². The summed E-state index contributed by atoms with van der Waals surface area (Å²) in [4.78, 5) is 25.4. The molecule has 5 nitrogen and oxygen atoms in total. The molecule has 0 saturated carbocycles. The van der Waals surface area contributed by atoms with E-state index in [1.54, 1.807) is 42.5 Å². The molecule has 1 aliphatic heterocycles. The predicted octanol–water partition coefficient (Wildman–Crippen LogP) is 3.12. The molecule has 0 bridgehead atoms. The van der Waals surface area contributed by atoms with E-state index in [1.807, 2.05) is 19.9 Å². The number of hydrogen-bond acceptors (Lipinski definition) is 3. The third-order valence-corrected chi connectivity index (χ3v) is 4.97. The highest BCUT2D eigenvalue weighted by molar-refractivity contribution is 5.94. The smallest absolute Gasteiger partial charge is 0.376 e. The lowest BCUT2D eigenvalue weighted by molar-refractivity contribution is -0.211. The average Bonchev–Trinajstić information content (AvgIpc) is 3.09. The van der Waals surface area contributed by atoms with Gasteiger partial charge in [-0.15, -0.1) is 0 Å². The van der Waals surface area contributed by atoms with Crippen molar-refractivity contribution in [3.63, 3.8) is 0 Å². The highest BCUT2D eigenvalue weighted by Crippen LogP contribution is 2.31. The largest absolute Gasteiger partial charge is 0.423 e. The number of halogens is 3. The Balaban J connectivity index is 1.75. The molecule has 2 N–H and O–H groups in total. The fraction of sp³-hybridized carbons (Fsp3) is 0.333. The lowest BCUT2D eigenvalue weighted by Gasteiger charge is -2.27. The normalized spacial score (nSPS) is 15.0. The van der Waals surface area contributed by atoms with Crippen molar-refractivity contribution >= 4 is 11.8 Å². The molecular weight excluding hydrogens is 385 g/mol. The molecule has 0 aromatic heterocycles. The zero-order chi connectivity index (χ0) is 21.4. The van der Waals surface area contributed by atoms with Crippen LogP contribution in [0.15, 0.2) is 48.5 Å². The zero-order valence-electron chi connectivity index (χ0n) is 16.0. The molecule has 154 valence electrons. The summed E-state index contributed by atoms with van der Waals surface area (Å²) < 4.78 is 37.9. The van der Waals surface area contributed by atoms with E-state index in [9.17, 15) is 27.9 Å². The molecule has 0 fully saturated rings. The number of fused-ring (bicyclic) bond motifs is 1. The Morgan fingerprint density at radius 2 is 1.66 bits per heavy atom. The van der Waals surface area contributed by atoms with Gasteiger partial charge in [0, 0.05) is 18.7 Å². The summed E-state index contributed by atoms with van der Waals surface area (Å²) in [7, 11) is 0. The number of carbonyl (C=O) groups excluding carboxylic acids is 2. The summed E-state index contributed by atoms with van der Waals surface area (Å²) in [6.45, 7) is 3.61. The third kappa shape index (κ3) is 4.42. The number of nitrogens with zero attached hydrogens (tertiary/aromatic N) is 1. The lowest BCUT2D eigenvalue weighted by atomic mass is 9.91. The molecule has 8 heteroatoms. The van der Waals surface area contributed by atoms with Gasteiger partial charge < -0.3 is 15.3 Å². The zero-order valence-corrected chi connectivity index (χ0v) is 16.0. The first-order valence-corrected chi connectivity index (χ1v) is 9.02. The molecule has 0 radical (unpaired) electrons. The van der Waals surface area contributed by atoms with Crippen LogP contribution >= 0.6 is 0 Å². The lowest BCUT2D eigenvalue weighted by Crippen LogP contribution is -2.44. The van der Waals surface area contributed by atoms with Gasteiger partial charge in [0.25, 0.3) is 11.8 Å². The Morgan fingerprint density at radius 1 is 1.03 bits per heavy atom. The van der Waals surface area contributed by atoms with Gasteiger partial charge in [-0.3, -0.25) is 9.59 Å². The molecule has 0 saturated heterocycles. The standard InChI is InChI=1S/C21H21F3N2O3/c1-20(2,25-18(28)13-6-4-3-5-7-13)16-9-8-14-11-26(12-15(14)10-16)19(29)17(27)21(22,23)24/h3-10,17,27H,11-12H2,1-2H3,(H,25,28)/t17-/m0/s1. The Hall–Kier alpha value is -2.87. The highest BCUT2D eigenvalue weighted by Gasteiger charge is 2.46. The van der Waals surface area contributed by atoms with Crippen molar-refractivity contribution in [1.29, 1.82) is 0 Å². The molecule has 1 atom stereocenters. The van der Waals surface area contributed by atoms with Gasteiger partial charge in [0.1, 0.15) is 0 Å². The van der Waals surface area contributed by atoms with Gasteiger partial charge in [0.15, 0.2) is 0 Å². The Morgan fingerprint density at radius 3 is 2.28 bits per heavy atom. The van der Waals surface area contributed by atoms with Crippen LogP contribution in [0.5, 0.6) is 0 Å². The van der Waals surface area contributed by atoms with Gasteiger partial charge in [-0.1, -0.05) is 36.4 Å². The second kappa shape index (κ2) is 7.51. The molecule has 2 amide bonds. The Labute approximate surface area is 166 Å². The van der Waals surface area contributed by atoms with E-state index in [2.05, 4.69) is 5.32 Å². The average molecular weight is 406 g/mol. The monoisotopic (exact) mass is 406 g/mol. The van der Waals surface area contributed by atoms with E-state index in [0.717, 1.165) is 10.5 Å². The van der Waals surface area contributed by atoms with E-state index in [-0.39, 0.29) is 19.0 Å². The first-order chi connectivity index (χ1) is 13.5. The molecule has 2 aromatic rings. The summed E-state index contributed by atoms with van der Waals surface area (Å²) >= 11 is 0. The maximum atomic E-state index is 12.6. The van der Waals surface area contributed by atoms with E-state index < -0.39 is 23.7 Å². The van der Waals surface area contributed by atoms with E-state index in [1.165, 1.54) is 0 Å². The first kappa shape index (κ1) is 20.9. The van der Waals surface area contributed by atoms with Crippen molar-refractivity contribution < 1.29 is 27.9 Å². The van der Waals surface area contributed by atoms with Gasteiger partial charge >= 0.3 is 6.18 Å². The Kier molecular flexibility index (Phi) is 5.40. The number of rotatable bonds is 4. The number of aliphatic hydroxyl groups is 1. The summed E-state index contributed by atoms with van der Waals surface area (Å²) in [6, 6.07) is 14.0. The van der Waals surface area contributed by atoms with E-state index >= 15 is 0 Å². The topological polar surface area (TPSA) is 69.6 Å². The number of carbonyl (C=O) groups is 2. The Bertz CT molecular complexity index is 927. The van der Waals surface area contributed by atoms with Crippen LogP contribution in [0.1, 0.15) is 40.9 Å². The van der Waals surface area contributed by atoms with Crippen molar-refractivity contribution in [1.82, 2.24) is 10.2 Å².